The van der Waals surface area contributed by atoms with Gasteiger partial charge in [-0.1, -0.05) is 27.5 Å². The van der Waals surface area contributed by atoms with Crippen molar-refractivity contribution in [1.82, 2.24) is 4.31 Å². The van der Waals surface area contributed by atoms with Crippen LogP contribution in [0.1, 0.15) is 12.5 Å². The van der Waals surface area contributed by atoms with Crippen molar-refractivity contribution < 1.29 is 13.2 Å². The molecule has 8 heteroatoms. The van der Waals surface area contributed by atoms with Crippen LogP contribution in [-0.2, 0) is 21.2 Å². The maximum Gasteiger partial charge on any atom is 0.243 e. The summed E-state index contributed by atoms with van der Waals surface area (Å²) in [4.78, 5) is 14.6. The van der Waals surface area contributed by atoms with Crippen molar-refractivity contribution in [3.8, 4) is 0 Å². The lowest BCUT2D eigenvalue weighted by molar-refractivity contribution is -0.118. The van der Waals surface area contributed by atoms with Crippen LogP contribution in [-0.4, -0.2) is 38.3 Å². The zero-order chi connectivity index (χ0) is 19.1. The van der Waals surface area contributed by atoms with Gasteiger partial charge in [-0.25, -0.2) is 8.42 Å². The molecule has 26 heavy (non-hydrogen) atoms. The second-order valence-corrected chi connectivity index (χ2v) is 9.70. The van der Waals surface area contributed by atoms with Crippen LogP contribution in [0.15, 0.2) is 51.8 Å². The fraction of sp³-hybridized carbons (Fsp3) is 0.278. The van der Waals surface area contributed by atoms with Crippen LogP contribution in [0, 0.1) is 0 Å². The summed E-state index contributed by atoms with van der Waals surface area (Å²) in [5, 5.41) is 0.455. The Balaban J connectivity index is 1.81. The average Bonchev–Trinajstić information content (AvgIpc) is 2.89. The number of sulfonamides is 1. The monoisotopic (exact) mass is 456 g/mol. The number of amides is 1. The molecule has 2 aromatic rings. The highest BCUT2D eigenvalue weighted by Gasteiger charge is 2.33. The molecule has 0 fully saturated rings. The lowest BCUT2D eigenvalue weighted by Gasteiger charge is -2.25. The average molecular weight is 458 g/mol. The first-order chi connectivity index (χ1) is 12.2. The topological polar surface area (TPSA) is 57.7 Å². The van der Waals surface area contributed by atoms with Crippen LogP contribution in [0.3, 0.4) is 0 Å². The quantitative estimate of drug-likeness (QED) is 0.703. The number of nitrogens with zero attached hydrogens (tertiary/aromatic N) is 2. The van der Waals surface area contributed by atoms with Gasteiger partial charge in [0.25, 0.3) is 0 Å². The maximum absolute atomic E-state index is 12.8. The summed E-state index contributed by atoms with van der Waals surface area (Å²) in [5.74, 6) is -0.251. The molecule has 0 N–H and O–H groups in total. The number of halogens is 2. The summed E-state index contributed by atoms with van der Waals surface area (Å²) in [6, 6.07) is 11.6. The van der Waals surface area contributed by atoms with E-state index in [2.05, 4.69) is 15.9 Å². The standard InChI is InChI=1S/C18H18BrClN2O3S/c1-12-9-13-10-14(19)3-8-17(13)22(12)18(23)11-21(2)26(24,25)16-6-4-15(20)5-7-16/h3-8,10,12H,9,11H2,1-2H3/t12-/m1/s1. The molecule has 0 aliphatic carbocycles. The third-order valence-corrected chi connectivity index (χ3v) is 6.97. The van der Waals surface area contributed by atoms with Gasteiger partial charge in [-0.05, 0) is 61.4 Å². The molecule has 0 saturated carbocycles. The van der Waals surface area contributed by atoms with E-state index in [4.69, 9.17) is 11.6 Å². The van der Waals surface area contributed by atoms with Crippen molar-refractivity contribution in [2.45, 2.75) is 24.3 Å². The summed E-state index contributed by atoms with van der Waals surface area (Å²) >= 11 is 9.25. The van der Waals surface area contributed by atoms with Crippen molar-refractivity contribution in [3.05, 3.63) is 57.5 Å². The largest absolute Gasteiger partial charge is 0.308 e. The van der Waals surface area contributed by atoms with Crippen LogP contribution in [0.5, 0.6) is 0 Å². The molecule has 0 saturated heterocycles. The Bertz CT molecular complexity index is 947. The Hall–Kier alpha value is -1.41. The van der Waals surface area contributed by atoms with Crippen molar-refractivity contribution in [1.29, 1.82) is 0 Å². The fourth-order valence-electron chi connectivity index (χ4n) is 3.12. The first-order valence-corrected chi connectivity index (χ1v) is 10.6. The molecule has 1 atom stereocenters. The van der Waals surface area contributed by atoms with Gasteiger partial charge in [0.15, 0.2) is 0 Å². The molecule has 0 spiro atoms. The fourth-order valence-corrected chi connectivity index (χ4v) is 4.77. The van der Waals surface area contributed by atoms with Crippen LogP contribution in [0.25, 0.3) is 0 Å². The van der Waals surface area contributed by atoms with E-state index in [1.807, 2.05) is 25.1 Å². The zero-order valence-corrected chi connectivity index (χ0v) is 17.5. The van der Waals surface area contributed by atoms with Crippen molar-refractivity contribution >= 4 is 49.1 Å². The first kappa shape index (κ1) is 19.4. The van der Waals surface area contributed by atoms with Gasteiger partial charge in [-0.15, -0.1) is 0 Å². The lowest BCUT2D eigenvalue weighted by atomic mass is 10.1. The third kappa shape index (κ3) is 3.67. The van der Waals surface area contributed by atoms with Crippen molar-refractivity contribution in [2.75, 3.05) is 18.5 Å². The SMILES string of the molecule is C[C@@H]1Cc2cc(Br)ccc2N1C(=O)CN(C)S(=O)(=O)c1ccc(Cl)cc1. The molecule has 0 radical (unpaired) electrons. The van der Waals surface area contributed by atoms with Crippen LogP contribution in [0.4, 0.5) is 5.69 Å². The summed E-state index contributed by atoms with van der Waals surface area (Å²) in [7, 11) is -2.35. The van der Waals surface area contributed by atoms with E-state index >= 15 is 0 Å². The summed E-state index contributed by atoms with van der Waals surface area (Å²) < 4.78 is 27.4. The highest BCUT2D eigenvalue weighted by Crippen LogP contribution is 2.34. The van der Waals surface area contributed by atoms with Gasteiger partial charge in [0.05, 0.1) is 11.4 Å². The van der Waals surface area contributed by atoms with Crippen molar-refractivity contribution in [2.24, 2.45) is 0 Å². The second-order valence-electron chi connectivity index (χ2n) is 6.30. The molecule has 138 valence electrons. The minimum absolute atomic E-state index is 0.0153. The molecule has 1 amide bonds. The number of carbonyl (C=O) groups excluding carboxylic acids is 1. The van der Waals surface area contributed by atoms with Gasteiger partial charge in [0, 0.05) is 28.3 Å². The van der Waals surface area contributed by atoms with Gasteiger partial charge < -0.3 is 4.90 Å². The summed E-state index contributed by atoms with van der Waals surface area (Å²) in [5.41, 5.74) is 1.91. The van der Waals surface area contributed by atoms with Gasteiger partial charge in [-0.2, -0.15) is 4.31 Å². The molecule has 1 heterocycles. The zero-order valence-electron chi connectivity index (χ0n) is 14.3. The molecule has 0 unspecified atom stereocenters. The third-order valence-electron chi connectivity index (χ3n) is 4.41. The van der Waals surface area contributed by atoms with E-state index in [1.54, 1.807) is 4.90 Å². The van der Waals surface area contributed by atoms with E-state index in [0.29, 0.717) is 5.02 Å². The highest BCUT2D eigenvalue weighted by molar-refractivity contribution is 9.10. The number of rotatable bonds is 4. The predicted molar refractivity (Wildman–Crippen MR) is 106 cm³/mol. The minimum Gasteiger partial charge on any atom is -0.308 e. The normalized spacial score (nSPS) is 16.8. The van der Waals surface area contributed by atoms with Crippen molar-refractivity contribution in [3.63, 3.8) is 0 Å². The molecular weight excluding hydrogens is 440 g/mol. The summed E-state index contributed by atoms with van der Waals surface area (Å²) in [6.07, 6.45) is 0.744. The van der Waals surface area contributed by atoms with Crippen LogP contribution >= 0.6 is 27.5 Å². The van der Waals surface area contributed by atoms with Gasteiger partial charge in [0.1, 0.15) is 0 Å². The molecule has 2 aromatic carbocycles. The number of likely N-dealkylation sites (N-methyl/N-ethyl adjacent to an activating group) is 1. The van der Waals surface area contributed by atoms with Gasteiger partial charge >= 0.3 is 0 Å². The number of benzene rings is 2. The molecule has 0 bridgehead atoms. The van der Waals surface area contributed by atoms with Crippen LogP contribution < -0.4 is 4.90 Å². The smallest absolute Gasteiger partial charge is 0.243 e. The Morgan fingerprint density at radius 3 is 2.58 bits per heavy atom. The number of anilines is 1. The minimum atomic E-state index is -3.76. The number of fused-ring (bicyclic) bond motifs is 1. The number of hydrogen-bond donors (Lipinski definition) is 0. The predicted octanol–water partition coefficient (Wildman–Crippen LogP) is 3.70. The Morgan fingerprint density at radius 2 is 1.92 bits per heavy atom. The van der Waals surface area contributed by atoms with E-state index in [-0.39, 0.29) is 23.4 Å². The Labute approximate surface area is 166 Å². The molecule has 1 aliphatic rings. The first-order valence-electron chi connectivity index (χ1n) is 8.02. The Morgan fingerprint density at radius 1 is 1.27 bits per heavy atom. The number of hydrogen-bond acceptors (Lipinski definition) is 3. The highest BCUT2D eigenvalue weighted by atomic mass is 79.9. The van der Waals surface area contributed by atoms with E-state index < -0.39 is 10.0 Å². The van der Waals surface area contributed by atoms with E-state index in [9.17, 15) is 13.2 Å². The van der Waals surface area contributed by atoms with Gasteiger partial charge in [0.2, 0.25) is 15.9 Å². The lowest BCUT2D eigenvalue weighted by Crippen LogP contribution is -2.43. The molecular formula is C18H18BrClN2O3S. The molecule has 3 rings (SSSR count). The Kier molecular flexibility index (Phi) is 5.44. The number of carbonyl (C=O) groups is 1. The maximum atomic E-state index is 12.8. The summed E-state index contributed by atoms with van der Waals surface area (Å²) in [6.45, 7) is 1.73. The molecule has 5 nitrogen and oxygen atoms in total. The van der Waals surface area contributed by atoms with E-state index in [0.717, 1.165) is 26.4 Å². The molecule has 1 aliphatic heterocycles. The molecule has 0 aromatic heterocycles. The van der Waals surface area contributed by atoms with Gasteiger partial charge in [-0.3, -0.25) is 4.79 Å². The van der Waals surface area contributed by atoms with E-state index in [1.165, 1.54) is 31.3 Å². The second kappa shape index (κ2) is 7.31. The van der Waals surface area contributed by atoms with Crippen LogP contribution in [0.2, 0.25) is 5.02 Å².